The third-order valence-corrected chi connectivity index (χ3v) is 4.20. The summed E-state index contributed by atoms with van der Waals surface area (Å²) in [4.78, 5) is 41.4. The summed E-state index contributed by atoms with van der Waals surface area (Å²) in [6.45, 7) is 3.65. The molecule has 1 aliphatic rings. The average Bonchev–Trinajstić information content (AvgIpc) is 2.89. The van der Waals surface area contributed by atoms with Gasteiger partial charge in [0.1, 0.15) is 5.41 Å². The van der Waals surface area contributed by atoms with Crippen molar-refractivity contribution < 1.29 is 14.4 Å². The van der Waals surface area contributed by atoms with Crippen LogP contribution in [0.25, 0.3) is 0 Å². The van der Waals surface area contributed by atoms with E-state index in [0.717, 1.165) is 4.90 Å². The molecule has 19 heavy (non-hydrogen) atoms. The highest BCUT2D eigenvalue weighted by Gasteiger charge is 2.51. The summed E-state index contributed by atoms with van der Waals surface area (Å²) in [6.07, 6.45) is 0.740. The number of nitrogens with one attached hydrogen (secondary N) is 1. The number of carbonyl (C=O) groups excluding carboxylic acids is 3. The minimum absolute atomic E-state index is 0.100. The molecule has 0 bridgehead atoms. The van der Waals surface area contributed by atoms with Crippen LogP contribution >= 0.6 is 11.3 Å². The lowest BCUT2D eigenvalue weighted by molar-refractivity contribution is -0.152. The molecule has 7 heteroatoms. The second-order valence-corrected chi connectivity index (χ2v) is 5.14. The van der Waals surface area contributed by atoms with Crippen LogP contribution in [0, 0.1) is 5.41 Å². The fourth-order valence-electron chi connectivity index (χ4n) is 2.23. The van der Waals surface area contributed by atoms with Crippen LogP contribution in [0.4, 0.5) is 4.79 Å². The van der Waals surface area contributed by atoms with Crippen molar-refractivity contribution in [3.63, 3.8) is 0 Å². The molecule has 0 spiro atoms. The zero-order valence-corrected chi connectivity index (χ0v) is 11.6. The first-order valence-corrected chi connectivity index (χ1v) is 7.04. The summed E-state index contributed by atoms with van der Waals surface area (Å²) in [5, 5.41) is 4.04. The van der Waals surface area contributed by atoms with E-state index >= 15 is 0 Å². The molecule has 1 saturated heterocycles. The fraction of sp³-hybridized carbons (Fsp3) is 0.500. The van der Waals surface area contributed by atoms with Crippen LogP contribution in [0.5, 0.6) is 0 Å². The van der Waals surface area contributed by atoms with Crippen LogP contribution in [-0.4, -0.2) is 27.7 Å². The second-order valence-electron chi connectivity index (χ2n) is 4.42. The predicted octanol–water partition coefficient (Wildman–Crippen LogP) is 1.53. The highest BCUT2D eigenvalue weighted by molar-refractivity contribution is 7.07. The Morgan fingerprint density at radius 2 is 2.00 bits per heavy atom. The number of rotatable bonds is 4. The Balaban J connectivity index is 2.30. The van der Waals surface area contributed by atoms with Gasteiger partial charge in [-0.3, -0.25) is 19.8 Å². The fourth-order valence-corrected chi connectivity index (χ4v) is 2.78. The van der Waals surface area contributed by atoms with Crippen molar-refractivity contribution in [1.82, 2.24) is 15.2 Å². The predicted molar refractivity (Wildman–Crippen MR) is 69.2 cm³/mol. The van der Waals surface area contributed by atoms with Crippen LogP contribution in [0.3, 0.4) is 0 Å². The van der Waals surface area contributed by atoms with E-state index in [1.165, 1.54) is 11.3 Å². The van der Waals surface area contributed by atoms with Crippen LogP contribution < -0.4 is 5.32 Å². The molecule has 4 amide bonds. The molecule has 6 nitrogen and oxygen atoms in total. The molecule has 0 radical (unpaired) electrons. The maximum atomic E-state index is 12.5. The number of amides is 4. The summed E-state index contributed by atoms with van der Waals surface area (Å²) in [5.74, 6) is -0.929. The van der Waals surface area contributed by atoms with Crippen molar-refractivity contribution in [3.8, 4) is 0 Å². The van der Waals surface area contributed by atoms with Gasteiger partial charge in [0.2, 0.25) is 11.8 Å². The van der Waals surface area contributed by atoms with Gasteiger partial charge in [-0.15, -0.1) is 11.3 Å². The van der Waals surface area contributed by atoms with Gasteiger partial charge in [0.05, 0.1) is 17.7 Å². The third-order valence-electron chi connectivity index (χ3n) is 3.57. The molecule has 1 aromatic rings. The number of barbiturate groups is 1. The van der Waals surface area contributed by atoms with E-state index in [1.807, 2.05) is 0 Å². The van der Waals surface area contributed by atoms with E-state index in [-0.39, 0.29) is 6.54 Å². The average molecular weight is 281 g/mol. The lowest BCUT2D eigenvalue weighted by Crippen LogP contribution is -2.63. The van der Waals surface area contributed by atoms with Crippen molar-refractivity contribution in [1.29, 1.82) is 0 Å². The number of carbonyl (C=O) groups is 3. The molecule has 0 unspecified atom stereocenters. The molecular formula is C12H15N3O3S. The molecule has 0 atom stereocenters. The van der Waals surface area contributed by atoms with Gasteiger partial charge in [0.15, 0.2) is 0 Å². The Kier molecular flexibility index (Phi) is 3.66. The van der Waals surface area contributed by atoms with E-state index in [2.05, 4.69) is 10.3 Å². The number of imide groups is 2. The largest absolute Gasteiger partial charge is 0.331 e. The SMILES string of the molecule is CCC1(CC)C(=O)NC(=O)N(Cc2cscn2)C1=O. The molecule has 102 valence electrons. The second kappa shape index (κ2) is 5.08. The Bertz CT molecular complexity index is 508. The van der Waals surface area contributed by atoms with Gasteiger partial charge in [-0.1, -0.05) is 13.8 Å². The topological polar surface area (TPSA) is 79.4 Å². The molecule has 0 aromatic carbocycles. The number of aromatic nitrogens is 1. The maximum Gasteiger partial charge on any atom is 0.331 e. The van der Waals surface area contributed by atoms with Gasteiger partial charge < -0.3 is 0 Å². The van der Waals surface area contributed by atoms with Gasteiger partial charge in [-0.2, -0.15) is 0 Å². The summed E-state index contributed by atoms with van der Waals surface area (Å²) < 4.78 is 0. The number of nitrogens with zero attached hydrogens (tertiary/aromatic N) is 2. The van der Waals surface area contributed by atoms with Crippen LogP contribution in [-0.2, 0) is 16.1 Å². The Morgan fingerprint density at radius 3 is 2.53 bits per heavy atom. The number of thiazole rings is 1. The van der Waals surface area contributed by atoms with Crippen molar-refractivity contribution in [3.05, 3.63) is 16.6 Å². The van der Waals surface area contributed by atoms with E-state index in [1.54, 1.807) is 24.7 Å². The molecule has 1 aliphatic heterocycles. The van der Waals surface area contributed by atoms with Crippen LogP contribution in [0.1, 0.15) is 32.4 Å². The van der Waals surface area contributed by atoms with E-state index in [0.29, 0.717) is 18.5 Å². The maximum absolute atomic E-state index is 12.5. The smallest absolute Gasteiger partial charge is 0.277 e. The van der Waals surface area contributed by atoms with Gasteiger partial charge in [0, 0.05) is 5.38 Å². The Labute approximate surface area is 114 Å². The molecule has 1 aromatic heterocycles. The van der Waals surface area contributed by atoms with E-state index < -0.39 is 23.3 Å². The van der Waals surface area contributed by atoms with Crippen molar-refractivity contribution in [2.45, 2.75) is 33.2 Å². The minimum Gasteiger partial charge on any atom is -0.277 e. The molecule has 2 rings (SSSR count). The summed E-state index contributed by atoms with van der Waals surface area (Å²) in [5.41, 5.74) is 1.15. The first kappa shape index (κ1) is 13.7. The van der Waals surface area contributed by atoms with Gasteiger partial charge in [-0.05, 0) is 12.8 Å². The van der Waals surface area contributed by atoms with Gasteiger partial charge in [0.25, 0.3) is 0 Å². The summed E-state index contributed by atoms with van der Waals surface area (Å²) in [6, 6.07) is -0.666. The summed E-state index contributed by atoms with van der Waals surface area (Å²) in [7, 11) is 0. The normalized spacial score (nSPS) is 18.6. The monoisotopic (exact) mass is 281 g/mol. The van der Waals surface area contributed by atoms with Crippen LogP contribution in [0.2, 0.25) is 0 Å². The first-order valence-electron chi connectivity index (χ1n) is 6.09. The molecule has 2 heterocycles. The lowest BCUT2D eigenvalue weighted by Gasteiger charge is -2.37. The first-order chi connectivity index (χ1) is 9.05. The Morgan fingerprint density at radius 1 is 1.32 bits per heavy atom. The van der Waals surface area contributed by atoms with Crippen molar-refractivity contribution >= 4 is 29.2 Å². The quantitative estimate of drug-likeness (QED) is 0.849. The highest BCUT2D eigenvalue weighted by Crippen LogP contribution is 2.32. The Hall–Kier alpha value is -1.76. The standard InChI is InChI=1S/C12H15N3O3S/c1-3-12(4-2)9(16)14-11(18)15(10(12)17)5-8-6-19-7-13-8/h6-7H,3-5H2,1-2H3,(H,14,16,18). The van der Waals surface area contributed by atoms with Crippen molar-refractivity contribution in [2.75, 3.05) is 0 Å². The summed E-state index contributed by atoms with van der Waals surface area (Å²) >= 11 is 1.39. The molecule has 0 aliphatic carbocycles. The van der Waals surface area contributed by atoms with Gasteiger partial charge >= 0.3 is 6.03 Å². The zero-order chi connectivity index (χ0) is 14.0. The van der Waals surface area contributed by atoms with E-state index in [4.69, 9.17) is 0 Å². The van der Waals surface area contributed by atoms with Crippen molar-refractivity contribution in [2.24, 2.45) is 5.41 Å². The zero-order valence-electron chi connectivity index (χ0n) is 10.8. The van der Waals surface area contributed by atoms with Gasteiger partial charge in [-0.25, -0.2) is 9.78 Å². The minimum atomic E-state index is -1.13. The molecular weight excluding hydrogens is 266 g/mol. The third kappa shape index (κ3) is 2.14. The number of urea groups is 1. The number of hydrogen-bond acceptors (Lipinski definition) is 5. The van der Waals surface area contributed by atoms with Crippen LogP contribution in [0.15, 0.2) is 10.9 Å². The highest BCUT2D eigenvalue weighted by atomic mass is 32.1. The lowest BCUT2D eigenvalue weighted by atomic mass is 9.78. The molecule has 0 saturated carbocycles. The molecule has 1 N–H and O–H groups in total. The number of hydrogen-bond donors (Lipinski definition) is 1. The molecule has 1 fully saturated rings. The van der Waals surface area contributed by atoms with E-state index in [9.17, 15) is 14.4 Å².